The summed E-state index contributed by atoms with van der Waals surface area (Å²) in [5.41, 5.74) is 1.36. The molecule has 1 unspecified atom stereocenters. The zero-order valence-corrected chi connectivity index (χ0v) is 12.8. The van der Waals surface area contributed by atoms with Crippen molar-refractivity contribution in [3.63, 3.8) is 0 Å². The van der Waals surface area contributed by atoms with Gasteiger partial charge in [-0.2, -0.15) is 0 Å². The molecule has 0 bridgehead atoms. The van der Waals surface area contributed by atoms with E-state index in [2.05, 4.69) is 19.2 Å². The Bertz CT molecular complexity index is 445. The van der Waals surface area contributed by atoms with E-state index in [1.165, 1.54) is 37.8 Å². The van der Waals surface area contributed by atoms with Crippen molar-refractivity contribution in [2.24, 2.45) is 5.41 Å². The largest absolute Gasteiger partial charge is 0.492 e. The summed E-state index contributed by atoms with van der Waals surface area (Å²) >= 11 is 0. The smallest absolute Gasteiger partial charge is 0.145 e. The van der Waals surface area contributed by atoms with Gasteiger partial charge in [0.2, 0.25) is 0 Å². The highest BCUT2D eigenvalue weighted by atomic mass is 19.1. The molecular weight excluding hydrogens is 253 g/mol. The number of ether oxygens (including phenoxy) is 1. The van der Waals surface area contributed by atoms with Crippen molar-refractivity contribution in [1.29, 1.82) is 0 Å². The quantitative estimate of drug-likeness (QED) is 0.783. The van der Waals surface area contributed by atoms with Crippen molar-refractivity contribution in [3.05, 3.63) is 24.0 Å². The van der Waals surface area contributed by atoms with Crippen molar-refractivity contribution in [2.45, 2.75) is 58.9 Å². The number of hydrogen-bond donors (Lipinski definition) is 1. The molecule has 2 nitrogen and oxygen atoms in total. The van der Waals surface area contributed by atoms with Gasteiger partial charge >= 0.3 is 0 Å². The van der Waals surface area contributed by atoms with E-state index in [1.54, 1.807) is 6.07 Å². The maximum atomic E-state index is 13.3. The molecule has 2 rings (SSSR count). The summed E-state index contributed by atoms with van der Waals surface area (Å²) in [4.78, 5) is 0. The van der Waals surface area contributed by atoms with Crippen LogP contribution < -0.4 is 10.1 Å². The van der Waals surface area contributed by atoms with Gasteiger partial charge in [-0.15, -0.1) is 0 Å². The first-order valence-electron chi connectivity index (χ1n) is 7.69. The molecule has 112 valence electrons. The van der Waals surface area contributed by atoms with Gasteiger partial charge in [0.15, 0.2) is 0 Å². The van der Waals surface area contributed by atoms with E-state index >= 15 is 0 Å². The molecule has 0 spiro atoms. The number of hydrogen-bond acceptors (Lipinski definition) is 2. The molecule has 1 saturated carbocycles. The van der Waals surface area contributed by atoms with Crippen molar-refractivity contribution >= 4 is 5.69 Å². The van der Waals surface area contributed by atoms with Gasteiger partial charge in [-0.3, -0.25) is 0 Å². The third-order valence-electron chi connectivity index (χ3n) is 4.18. The Kier molecular flexibility index (Phi) is 4.90. The van der Waals surface area contributed by atoms with Crippen LogP contribution in [0.25, 0.3) is 0 Å². The van der Waals surface area contributed by atoms with Crippen molar-refractivity contribution in [1.82, 2.24) is 0 Å². The minimum absolute atomic E-state index is 0.249. The second-order valence-corrected chi connectivity index (χ2v) is 6.51. The van der Waals surface area contributed by atoms with Crippen LogP contribution in [0.15, 0.2) is 18.2 Å². The van der Waals surface area contributed by atoms with Gasteiger partial charge < -0.3 is 10.1 Å². The minimum Gasteiger partial charge on any atom is -0.492 e. The number of nitrogens with one attached hydrogen (secondary N) is 1. The predicted molar refractivity (Wildman–Crippen MR) is 81.8 cm³/mol. The van der Waals surface area contributed by atoms with Crippen LogP contribution in [0.1, 0.15) is 52.9 Å². The fourth-order valence-electron chi connectivity index (χ4n) is 2.92. The van der Waals surface area contributed by atoms with Crippen LogP contribution in [-0.2, 0) is 0 Å². The molecule has 0 radical (unpaired) electrons. The fourth-order valence-corrected chi connectivity index (χ4v) is 2.92. The molecule has 0 aliphatic heterocycles. The second kappa shape index (κ2) is 6.47. The third kappa shape index (κ3) is 4.12. The Morgan fingerprint density at radius 3 is 2.85 bits per heavy atom. The third-order valence-corrected chi connectivity index (χ3v) is 4.18. The van der Waals surface area contributed by atoms with Crippen molar-refractivity contribution < 1.29 is 9.13 Å². The molecule has 20 heavy (non-hydrogen) atoms. The van der Waals surface area contributed by atoms with E-state index in [1.807, 2.05) is 6.92 Å². The lowest BCUT2D eigenvalue weighted by Gasteiger charge is -2.23. The van der Waals surface area contributed by atoms with E-state index < -0.39 is 0 Å². The Balaban J connectivity index is 2.05. The first kappa shape index (κ1) is 15.1. The standard InChI is InChI=1S/C17H26FNO/c1-4-20-16-12-13(18)7-8-15(16)19-14-6-5-10-17(2,3)11-9-14/h7-8,12,14,19H,4-6,9-11H2,1-3H3. The SMILES string of the molecule is CCOc1cc(F)ccc1NC1CCCC(C)(C)CC1. The monoisotopic (exact) mass is 279 g/mol. The molecule has 1 fully saturated rings. The topological polar surface area (TPSA) is 21.3 Å². The summed E-state index contributed by atoms with van der Waals surface area (Å²) in [5, 5.41) is 3.55. The van der Waals surface area contributed by atoms with E-state index in [9.17, 15) is 4.39 Å². The first-order valence-corrected chi connectivity index (χ1v) is 7.69. The van der Waals surface area contributed by atoms with Crippen molar-refractivity contribution in [2.75, 3.05) is 11.9 Å². The zero-order chi connectivity index (χ0) is 14.6. The summed E-state index contributed by atoms with van der Waals surface area (Å²) in [6.07, 6.45) is 6.10. The normalized spacial score (nSPS) is 22.1. The maximum absolute atomic E-state index is 13.3. The lowest BCUT2D eigenvalue weighted by atomic mass is 9.85. The minimum atomic E-state index is -0.249. The number of anilines is 1. The average molecular weight is 279 g/mol. The van der Waals surface area contributed by atoms with Gasteiger partial charge in [0.1, 0.15) is 11.6 Å². The van der Waals surface area contributed by atoms with Crippen LogP contribution in [0.2, 0.25) is 0 Å². The molecule has 3 heteroatoms. The number of benzene rings is 1. The highest BCUT2D eigenvalue weighted by Gasteiger charge is 2.24. The van der Waals surface area contributed by atoms with Gasteiger partial charge in [-0.1, -0.05) is 20.3 Å². The van der Waals surface area contributed by atoms with Crippen LogP contribution in [0.3, 0.4) is 0 Å². The highest BCUT2D eigenvalue weighted by molar-refractivity contribution is 5.57. The molecule has 1 N–H and O–H groups in total. The summed E-state index contributed by atoms with van der Waals surface area (Å²) in [5.74, 6) is 0.372. The zero-order valence-electron chi connectivity index (χ0n) is 12.8. The van der Waals surface area contributed by atoms with Gasteiger partial charge in [-0.05, 0) is 50.2 Å². The van der Waals surface area contributed by atoms with E-state index in [4.69, 9.17) is 4.74 Å². The predicted octanol–water partition coefficient (Wildman–Crippen LogP) is 5.00. The molecule has 0 amide bonds. The molecule has 0 saturated heterocycles. The van der Waals surface area contributed by atoms with Crippen LogP contribution >= 0.6 is 0 Å². The van der Waals surface area contributed by atoms with Crippen LogP contribution in [-0.4, -0.2) is 12.6 Å². The van der Waals surface area contributed by atoms with E-state index in [0.29, 0.717) is 23.8 Å². The summed E-state index contributed by atoms with van der Waals surface area (Å²) in [7, 11) is 0. The molecular formula is C17H26FNO. The molecule has 0 heterocycles. The molecule has 1 atom stereocenters. The number of rotatable bonds is 4. The first-order chi connectivity index (χ1) is 9.50. The Hall–Kier alpha value is -1.25. The molecule has 1 aliphatic rings. The van der Waals surface area contributed by atoms with Gasteiger partial charge in [0, 0.05) is 12.1 Å². The molecule has 0 aromatic heterocycles. The van der Waals surface area contributed by atoms with E-state index in [-0.39, 0.29) is 5.82 Å². The summed E-state index contributed by atoms with van der Waals surface area (Å²) in [6, 6.07) is 5.20. The Labute approximate surface area is 121 Å². The van der Waals surface area contributed by atoms with Crippen LogP contribution in [0.5, 0.6) is 5.75 Å². The van der Waals surface area contributed by atoms with Crippen molar-refractivity contribution in [3.8, 4) is 5.75 Å². The van der Waals surface area contributed by atoms with Crippen LogP contribution in [0, 0.1) is 11.2 Å². The Morgan fingerprint density at radius 2 is 2.10 bits per heavy atom. The highest BCUT2D eigenvalue weighted by Crippen LogP contribution is 2.35. The fraction of sp³-hybridized carbons (Fsp3) is 0.647. The maximum Gasteiger partial charge on any atom is 0.145 e. The lowest BCUT2D eigenvalue weighted by Crippen LogP contribution is -2.19. The van der Waals surface area contributed by atoms with E-state index in [0.717, 1.165) is 12.1 Å². The molecule has 1 aromatic carbocycles. The average Bonchev–Trinajstić information content (AvgIpc) is 2.55. The Morgan fingerprint density at radius 1 is 1.30 bits per heavy atom. The molecule has 1 aromatic rings. The van der Waals surface area contributed by atoms with Gasteiger partial charge in [-0.25, -0.2) is 4.39 Å². The van der Waals surface area contributed by atoms with Gasteiger partial charge in [0.05, 0.1) is 12.3 Å². The summed E-state index contributed by atoms with van der Waals surface area (Å²) < 4.78 is 18.8. The van der Waals surface area contributed by atoms with Crippen LogP contribution in [0.4, 0.5) is 10.1 Å². The number of halogens is 1. The summed E-state index contributed by atoms with van der Waals surface area (Å²) in [6.45, 7) is 7.16. The second-order valence-electron chi connectivity index (χ2n) is 6.51. The lowest BCUT2D eigenvalue weighted by molar-refractivity contribution is 0.313. The van der Waals surface area contributed by atoms with Gasteiger partial charge in [0.25, 0.3) is 0 Å². The molecule has 1 aliphatic carbocycles.